The van der Waals surface area contributed by atoms with Crippen molar-refractivity contribution >= 4 is 28.6 Å². The predicted molar refractivity (Wildman–Crippen MR) is 68.6 cm³/mol. The van der Waals surface area contributed by atoms with Crippen LogP contribution in [0.3, 0.4) is 0 Å². The molecule has 2 aromatic rings. The number of amides is 1. The lowest BCUT2D eigenvalue weighted by atomic mass is 10.1. The van der Waals surface area contributed by atoms with E-state index in [2.05, 4.69) is 10.3 Å². The number of hydrogen-bond donors (Lipinski definition) is 3. The van der Waals surface area contributed by atoms with Crippen LogP contribution in [0.1, 0.15) is 16.1 Å². The first-order valence-corrected chi connectivity index (χ1v) is 5.91. The SMILES string of the molecule is Nc1cc(N)cc(C(=O)NCc2cscn2)c1. The Balaban J connectivity index is 2.04. The van der Waals surface area contributed by atoms with Gasteiger partial charge < -0.3 is 16.8 Å². The van der Waals surface area contributed by atoms with Crippen molar-refractivity contribution in [2.75, 3.05) is 11.5 Å². The first kappa shape index (κ1) is 11.4. The van der Waals surface area contributed by atoms with Gasteiger partial charge in [0.25, 0.3) is 5.91 Å². The monoisotopic (exact) mass is 248 g/mol. The van der Waals surface area contributed by atoms with E-state index in [-0.39, 0.29) is 5.91 Å². The molecule has 2 rings (SSSR count). The Morgan fingerprint density at radius 1 is 1.29 bits per heavy atom. The van der Waals surface area contributed by atoms with E-state index in [0.717, 1.165) is 5.69 Å². The number of hydrogen-bond acceptors (Lipinski definition) is 5. The Morgan fingerprint density at radius 2 is 2.00 bits per heavy atom. The predicted octanol–water partition coefficient (Wildman–Crippen LogP) is 1.24. The number of benzene rings is 1. The molecule has 5 nitrogen and oxygen atoms in total. The molecule has 1 heterocycles. The van der Waals surface area contributed by atoms with Gasteiger partial charge in [0.15, 0.2) is 0 Å². The minimum Gasteiger partial charge on any atom is -0.399 e. The Morgan fingerprint density at radius 3 is 2.59 bits per heavy atom. The summed E-state index contributed by atoms with van der Waals surface area (Å²) < 4.78 is 0. The number of nitrogens with one attached hydrogen (secondary N) is 1. The quantitative estimate of drug-likeness (QED) is 0.712. The van der Waals surface area contributed by atoms with E-state index < -0.39 is 0 Å². The summed E-state index contributed by atoms with van der Waals surface area (Å²) in [5, 5.41) is 4.63. The van der Waals surface area contributed by atoms with Crippen molar-refractivity contribution < 1.29 is 4.79 Å². The maximum atomic E-state index is 11.8. The lowest BCUT2D eigenvalue weighted by Crippen LogP contribution is -2.23. The van der Waals surface area contributed by atoms with Crippen molar-refractivity contribution in [3.8, 4) is 0 Å². The van der Waals surface area contributed by atoms with Gasteiger partial charge in [-0.1, -0.05) is 0 Å². The van der Waals surface area contributed by atoms with Crippen molar-refractivity contribution in [3.63, 3.8) is 0 Å². The summed E-state index contributed by atoms with van der Waals surface area (Å²) >= 11 is 1.49. The topological polar surface area (TPSA) is 94.0 Å². The van der Waals surface area contributed by atoms with Crippen LogP contribution in [0.2, 0.25) is 0 Å². The van der Waals surface area contributed by atoms with Crippen molar-refractivity contribution in [2.45, 2.75) is 6.54 Å². The highest BCUT2D eigenvalue weighted by atomic mass is 32.1. The van der Waals surface area contributed by atoms with Crippen LogP contribution in [-0.2, 0) is 6.54 Å². The summed E-state index contributed by atoms with van der Waals surface area (Å²) in [6, 6.07) is 4.79. The lowest BCUT2D eigenvalue weighted by molar-refractivity contribution is 0.0950. The number of carbonyl (C=O) groups is 1. The van der Waals surface area contributed by atoms with Crippen LogP contribution in [0.5, 0.6) is 0 Å². The molecule has 6 heteroatoms. The third-order valence-corrected chi connectivity index (χ3v) is 2.79. The van der Waals surface area contributed by atoms with Gasteiger partial charge in [0.05, 0.1) is 17.7 Å². The van der Waals surface area contributed by atoms with Crippen molar-refractivity contribution in [3.05, 3.63) is 40.3 Å². The van der Waals surface area contributed by atoms with E-state index in [9.17, 15) is 4.79 Å². The smallest absolute Gasteiger partial charge is 0.251 e. The number of thiazole rings is 1. The third-order valence-electron chi connectivity index (χ3n) is 2.15. The number of nitrogen functional groups attached to an aromatic ring is 2. The van der Waals surface area contributed by atoms with E-state index in [0.29, 0.717) is 23.5 Å². The lowest BCUT2D eigenvalue weighted by Gasteiger charge is -2.05. The van der Waals surface area contributed by atoms with Crippen LogP contribution in [-0.4, -0.2) is 10.9 Å². The Hall–Kier alpha value is -2.08. The Kier molecular flexibility index (Phi) is 3.24. The Labute approximate surface area is 102 Å². The number of anilines is 2. The molecule has 0 radical (unpaired) electrons. The van der Waals surface area contributed by atoms with Crippen LogP contribution in [0.25, 0.3) is 0 Å². The first-order chi connectivity index (χ1) is 8.15. The first-order valence-electron chi connectivity index (χ1n) is 4.96. The second kappa shape index (κ2) is 4.84. The van der Waals surface area contributed by atoms with Gasteiger partial charge in [-0.3, -0.25) is 4.79 Å². The molecule has 1 amide bonds. The molecule has 17 heavy (non-hydrogen) atoms. The number of rotatable bonds is 3. The number of carbonyl (C=O) groups excluding carboxylic acids is 1. The van der Waals surface area contributed by atoms with Crippen LogP contribution >= 0.6 is 11.3 Å². The van der Waals surface area contributed by atoms with Crippen LogP contribution in [0.15, 0.2) is 29.1 Å². The number of aromatic nitrogens is 1. The fourth-order valence-electron chi connectivity index (χ4n) is 1.41. The molecular weight excluding hydrogens is 236 g/mol. The molecule has 0 unspecified atom stereocenters. The number of nitrogens with zero attached hydrogens (tertiary/aromatic N) is 1. The van der Waals surface area contributed by atoms with E-state index in [1.165, 1.54) is 11.3 Å². The standard InChI is InChI=1S/C11H12N4OS/c12-8-1-7(2-9(13)3-8)11(16)14-4-10-5-17-6-15-10/h1-3,5-6H,4,12-13H2,(H,14,16). The van der Waals surface area contributed by atoms with Gasteiger partial charge in [0.1, 0.15) is 0 Å². The van der Waals surface area contributed by atoms with Gasteiger partial charge in [0.2, 0.25) is 0 Å². The normalized spacial score (nSPS) is 10.1. The van der Waals surface area contributed by atoms with E-state index in [1.807, 2.05) is 5.38 Å². The summed E-state index contributed by atoms with van der Waals surface area (Å²) in [6.45, 7) is 0.400. The zero-order chi connectivity index (χ0) is 12.3. The van der Waals surface area contributed by atoms with Crippen LogP contribution < -0.4 is 16.8 Å². The molecule has 0 fully saturated rings. The molecule has 0 aliphatic rings. The average Bonchev–Trinajstić information content (AvgIpc) is 2.77. The van der Waals surface area contributed by atoms with Crippen LogP contribution in [0, 0.1) is 0 Å². The summed E-state index contributed by atoms with van der Waals surface area (Å²) in [5.74, 6) is -0.211. The molecule has 88 valence electrons. The molecule has 0 atom stereocenters. The van der Waals surface area contributed by atoms with Gasteiger partial charge in [-0.2, -0.15) is 0 Å². The highest BCUT2D eigenvalue weighted by Crippen LogP contribution is 2.13. The fraction of sp³-hybridized carbons (Fsp3) is 0.0909. The molecular formula is C11H12N4OS. The highest BCUT2D eigenvalue weighted by Gasteiger charge is 2.07. The molecule has 0 saturated heterocycles. The Bertz CT molecular complexity index is 504. The minimum atomic E-state index is -0.211. The van der Waals surface area contributed by atoms with Gasteiger partial charge in [-0.05, 0) is 18.2 Å². The maximum absolute atomic E-state index is 11.8. The molecule has 0 aliphatic heterocycles. The van der Waals surface area contributed by atoms with Gasteiger partial charge in [-0.25, -0.2) is 4.98 Å². The molecule has 0 saturated carbocycles. The van der Waals surface area contributed by atoms with Gasteiger partial charge >= 0.3 is 0 Å². The summed E-state index contributed by atoms with van der Waals surface area (Å²) in [5.41, 5.74) is 15.2. The molecule has 5 N–H and O–H groups in total. The molecule has 0 bridgehead atoms. The minimum absolute atomic E-state index is 0.211. The summed E-state index contributed by atoms with van der Waals surface area (Å²) in [6.07, 6.45) is 0. The second-order valence-corrected chi connectivity index (χ2v) is 4.27. The van der Waals surface area contributed by atoms with Gasteiger partial charge in [-0.15, -0.1) is 11.3 Å². The average molecular weight is 248 g/mol. The maximum Gasteiger partial charge on any atom is 0.251 e. The van der Waals surface area contributed by atoms with Crippen molar-refractivity contribution in [1.29, 1.82) is 0 Å². The second-order valence-electron chi connectivity index (χ2n) is 3.55. The summed E-state index contributed by atoms with van der Waals surface area (Å²) in [4.78, 5) is 15.9. The zero-order valence-electron chi connectivity index (χ0n) is 9.01. The van der Waals surface area contributed by atoms with E-state index >= 15 is 0 Å². The van der Waals surface area contributed by atoms with Crippen molar-refractivity contribution in [1.82, 2.24) is 10.3 Å². The van der Waals surface area contributed by atoms with Crippen molar-refractivity contribution in [2.24, 2.45) is 0 Å². The molecule has 0 spiro atoms. The number of nitrogens with two attached hydrogens (primary N) is 2. The molecule has 0 aliphatic carbocycles. The van der Waals surface area contributed by atoms with E-state index in [4.69, 9.17) is 11.5 Å². The summed E-state index contributed by atoms with van der Waals surface area (Å²) in [7, 11) is 0. The van der Waals surface area contributed by atoms with Crippen LogP contribution in [0.4, 0.5) is 11.4 Å². The molecule has 1 aromatic carbocycles. The van der Waals surface area contributed by atoms with Gasteiger partial charge in [0, 0.05) is 22.3 Å². The zero-order valence-corrected chi connectivity index (χ0v) is 9.83. The molecule has 1 aromatic heterocycles. The fourth-order valence-corrected chi connectivity index (χ4v) is 1.96. The third kappa shape index (κ3) is 2.94. The van der Waals surface area contributed by atoms with E-state index in [1.54, 1.807) is 23.7 Å². The highest BCUT2D eigenvalue weighted by molar-refractivity contribution is 7.07. The largest absolute Gasteiger partial charge is 0.399 e.